The van der Waals surface area contributed by atoms with Crippen molar-refractivity contribution in [3.63, 3.8) is 0 Å². The van der Waals surface area contributed by atoms with Crippen LogP contribution in [0.5, 0.6) is 11.5 Å². The van der Waals surface area contributed by atoms with Crippen molar-refractivity contribution >= 4 is 0 Å². The van der Waals surface area contributed by atoms with Crippen molar-refractivity contribution in [1.29, 1.82) is 0 Å². The standard InChI is InChI=1S/C33H34NO.C14H14N.Ir/c1-20(2)23-18-27(21(3)4)32(28(19-23)22(5)6)31-25-12-7-8-16-30(25)35-33-24(13-11-14-26(31)33)29-15-9-10-17-34-29;1-10-4-6-13(7-5-10)14-8-11(2)12(3)9-15-14;/h7-12,14-22,31H,1-6H3;4-6,8-9H,1-3H3;/q2*-1;/i;1D3,3D3;. The van der Waals surface area contributed by atoms with Crippen LogP contribution >= 0.6 is 0 Å². The number of fused-ring (bicyclic) bond motifs is 2. The van der Waals surface area contributed by atoms with Crippen molar-refractivity contribution in [2.75, 3.05) is 0 Å². The van der Waals surface area contributed by atoms with Crippen molar-refractivity contribution in [2.45, 2.75) is 85.8 Å². The molecule has 7 rings (SSSR count). The molecule has 0 fully saturated rings. The number of pyridine rings is 2. The minimum absolute atomic E-state index is 0. The summed E-state index contributed by atoms with van der Waals surface area (Å²) in [7, 11) is 0. The van der Waals surface area contributed by atoms with Gasteiger partial charge >= 0.3 is 0 Å². The van der Waals surface area contributed by atoms with Crippen LogP contribution in [0, 0.1) is 32.8 Å². The number of rotatable bonds is 6. The van der Waals surface area contributed by atoms with Gasteiger partial charge in [-0.25, -0.2) is 0 Å². The predicted molar refractivity (Wildman–Crippen MR) is 207 cm³/mol. The molecule has 3 nitrogen and oxygen atoms in total. The minimum atomic E-state index is -2.19. The van der Waals surface area contributed by atoms with Crippen LogP contribution in [0.1, 0.15) is 124 Å². The molecule has 263 valence electrons. The van der Waals surface area contributed by atoms with Gasteiger partial charge in [-0.2, -0.15) is 0 Å². The van der Waals surface area contributed by atoms with E-state index in [9.17, 15) is 0 Å². The van der Waals surface area contributed by atoms with Gasteiger partial charge in [0.2, 0.25) is 0 Å². The van der Waals surface area contributed by atoms with E-state index in [1.807, 2.05) is 30.5 Å². The normalized spacial score (nSPS) is 15.4. The van der Waals surface area contributed by atoms with Gasteiger partial charge in [-0.1, -0.05) is 114 Å². The van der Waals surface area contributed by atoms with Crippen LogP contribution in [0.3, 0.4) is 0 Å². The zero-order chi connectivity index (χ0) is 40.5. The van der Waals surface area contributed by atoms with Gasteiger partial charge in [0.15, 0.2) is 0 Å². The number of ether oxygens (including phenoxy) is 1. The molecule has 0 saturated heterocycles. The van der Waals surface area contributed by atoms with Crippen LogP contribution in [0.15, 0.2) is 103 Å². The van der Waals surface area contributed by atoms with Crippen LogP contribution in [0.2, 0.25) is 0 Å². The summed E-state index contributed by atoms with van der Waals surface area (Å²) in [5.74, 6) is 3.17. The summed E-state index contributed by atoms with van der Waals surface area (Å²) in [4.78, 5) is 8.76. The first-order valence-electron chi connectivity index (χ1n) is 20.4. The summed E-state index contributed by atoms with van der Waals surface area (Å²) < 4.78 is 50.8. The summed E-state index contributed by atoms with van der Waals surface area (Å²) in [6, 6.07) is 36.1. The monoisotopic (exact) mass is 855 g/mol. The molecule has 1 aliphatic rings. The topological polar surface area (TPSA) is 35.0 Å². The molecule has 1 unspecified atom stereocenters. The quantitative estimate of drug-likeness (QED) is 0.156. The fourth-order valence-corrected chi connectivity index (χ4v) is 6.57. The Morgan fingerprint density at radius 1 is 0.725 bits per heavy atom. The summed E-state index contributed by atoms with van der Waals surface area (Å²) in [6.07, 6.45) is 3.17. The van der Waals surface area contributed by atoms with Crippen molar-refractivity contribution in [3.05, 3.63) is 166 Å². The Morgan fingerprint density at radius 3 is 2.08 bits per heavy atom. The Labute approximate surface area is 327 Å². The smallest absolute Gasteiger partial charge is 0.118 e. The number of hydrogen-bond acceptors (Lipinski definition) is 3. The molecule has 0 aliphatic carbocycles. The van der Waals surface area contributed by atoms with E-state index in [0.717, 1.165) is 22.8 Å². The molecule has 0 saturated carbocycles. The summed E-state index contributed by atoms with van der Waals surface area (Å²) in [5, 5.41) is 0. The Bertz CT molecular complexity index is 2290. The molecule has 2 aromatic heterocycles. The van der Waals surface area contributed by atoms with Crippen LogP contribution in [0.4, 0.5) is 0 Å². The maximum absolute atomic E-state index is 7.41. The van der Waals surface area contributed by atoms with E-state index in [4.69, 9.17) is 13.0 Å². The van der Waals surface area contributed by atoms with E-state index in [1.165, 1.54) is 51.7 Å². The molecule has 1 atom stereocenters. The van der Waals surface area contributed by atoms with Crippen LogP contribution in [-0.4, -0.2) is 9.97 Å². The van der Waals surface area contributed by atoms with E-state index >= 15 is 0 Å². The van der Waals surface area contributed by atoms with Crippen LogP contribution in [0.25, 0.3) is 22.5 Å². The van der Waals surface area contributed by atoms with E-state index in [-0.39, 0.29) is 37.2 Å². The molecule has 3 heterocycles. The zero-order valence-corrected chi connectivity index (χ0v) is 32.7. The number of aryl methyl sites for hydroxylation is 3. The fourth-order valence-electron chi connectivity index (χ4n) is 6.57. The van der Waals surface area contributed by atoms with Gasteiger partial charge in [0, 0.05) is 58.0 Å². The summed E-state index contributed by atoms with van der Waals surface area (Å²) >= 11 is 0. The van der Waals surface area contributed by atoms with Crippen molar-refractivity contribution in [3.8, 4) is 34.0 Å². The maximum atomic E-state index is 7.41. The van der Waals surface area contributed by atoms with Gasteiger partial charge in [0.25, 0.3) is 0 Å². The van der Waals surface area contributed by atoms with Gasteiger partial charge in [-0.3, -0.25) is 0 Å². The molecule has 51 heavy (non-hydrogen) atoms. The van der Waals surface area contributed by atoms with E-state index in [1.54, 1.807) is 19.1 Å². The molecule has 4 heteroatoms. The molecule has 0 bridgehead atoms. The molecule has 6 aromatic rings. The first kappa shape index (κ1) is 30.3. The SMILES string of the molecule is CC(C)c1cc(C(C)C)c(C2c3ccccc3Oc3c(-c4ccccn4)[c-]ccc32)c(C(C)C)c1.[2H]C([2H])([2H])c1c[c-]c(-c2cc(C)c(C([2H])([2H])[2H])cn2)cc1.[Ir]. The van der Waals surface area contributed by atoms with Crippen LogP contribution in [-0.2, 0) is 20.1 Å². The number of hydrogen-bond donors (Lipinski definition) is 0. The largest absolute Gasteiger partial charge is 0.501 e. The van der Waals surface area contributed by atoms with Gasteiger partial charge in [0.05, 0.1) is 0 Å². The first-order valence-corrected chi connectivity index (χ1v) is 17.4. The zero-order valence-electron chi connectivity index (χ0n) is 36.3. The molecule has 0 N–H and O–H groups in total. The van der Waals surface area contributed by atoms with Crippen molar-refractivity contribution in [1.82, 2.24) is 9.97 Å². The van der Waals surface area contributed by atoms with Gasteiger partial charge in [0.1, 0.15) is 5.75 Å². The molecule has 4 aromatic carbocycles. The number of benzene rings is 4. The molecule has 1 aliphatic heterocycles. The minimum Gasteiger partial charge on any atom is -0.501 e. The van der Waals surface area contributed by atoms with Gasteiger partial charge in [-0.15, -0.1) is 53.6 Å². The van der Waals surface area contributed by atoms with Crippen LogP contribution < -0.4 is 4.74 Å². The maximum Gasteiger partial charge on any atom is 0.118 e. The Kier molecular flexibility index (Phi) is 9.69. The molecule has 1 radical (unpaired) electrons. The Balaban J connectivity index is 0.000000242. The van der Waals surface area contributed by atoms with Crippen molar-refractivity contribution < 1.29 is 33.1 Å². The predicted octanol–water partition coefficient (Wildman–Crippen LogP) is 12.7. The third-order valence-electron chi connectivity index (χ3n) is 9.32. The third kappa shape index (κ3) is 8.09. The third-order valence-corrected chi connectivity index (χ3v) is 9.32. The number of para-hydroxylation sites is 1. The van der Waals surface area contributed by atoms with Gasteiger partial charge < -0.3 is 14.7 Å². The molecular weight excluding hydrogens is 801 g/mol. The second-order valence-corrected chi connectivity index (χ2v) is 13.9. The number of nitrogens with zero attached hydrogens (tertiary/aromatic N) is 2. The van der Waals surface area contributed by atoms with E-state index in [2.05, 4.69) is 106 Å². The second-order valence-electron chi connectivity index (χ2n) is 13.9. The second kappa shape index (κ2) is 16.3. The average molecular weight is 855 g/mol. The Hall–Kier alpha value is -4.37. The number of aromatic nitrogens is 2. The first-order chi connectivity index (χ1) is 26.5. The molecular formula is C47H48IrN2O-2. The summed E-state index contributed by atoms with van der Waals surface area (Å²) in [6.45, 7) is 11.2. The van der Waals surface area contributed by atoms with E-state index in [0.29, 0.717) is 34.6 Å². The van der Waals surface area contributed by atoms with E-state index < -0.39 is 13.7 Å². The van der Waals surface area contributed by atoms with Crippen molar-refractivity contribution in [2.24, 2.45) is 0 Å². The Morgan fingerprint density at radius 2 is 1.47 bits per heavy atom. The fraction of sp³-hybridized carbons (Fsp3) is 0.277. The average Bonchev–Trinajstić information content (AvgIpc) is 3.16. The molecule has 0 amide bonds. The summed E-state index contributed by atoms with van der Waals surface area (Å²) in [5.41, 5.74) is 12.1. The molecule has 0 spiro atoms. The van der Waals surface area contributed by atoms with Gasteiger partial charge in [-0.05, 0) is 82.9 Å².